The average molecular weight is 221 g/mol. The van der Waals surface area contributed by atoms with Gasteiger partial charge in [0.2, 0.25) is 0 Å². The van der Waals surface area contributed by atoms with Crippen molar-refractivity contribution in [2.24, 2.45) is 0 Å². The van der Waals surface area contributed by atoms with Crippen molar-refractivity contribution < 1.29 is 0 Å². The molecular formula is C10H11N3OS. The van der Waals surface area contributed by atoms with E-state index in [0.717, 1.165) is 0 Å². The SMILES string of the molecule is Cc1nc(NCc2cccs2)cc(=O)[nH]1. The highest BCUT2D eigenvalue weighted by molar-refractivity contribution is 7.09. The molecular weight excluding hydrogens is 210 g/mol. The summed E-state index contributed by atoms with van der Waals surface area (Å²) < 4.78 is 0. The molecule has 0 aliphatic carbocycles. The minimum absolute atomic E-state index is 0.129. The first-order valence-corrected chi connectivity index (χ1v) is 5.46. The maximum absolute atomic E-state index is 11.1. The maximum Gasteiger partial charge on any atom is 0.252 e. The normalized spacial score (nSPS) is 10.2. The molecule has 0 radical (unpaired) electrons. The Morgan fingerprint density at radius 2 is 2.47 bits per heavy atom. The quantitative estimate of drug-likeness (QED) is 0.830. The van der Waals surface area contributed by atoms with Gasteiger partial charge in [-0.2, -0.15) is 0 Å². The zero-order chi connectivity index (χ0) is 10.7. The molecule has 0 aromatic carbocycles. The van der Waals surface area contributed by atoms with Crippen LogP contribution < -0.4 is 10.9 Å². The van der Waals surface area contributed by atoms with Crippen molar-refractivity contribution in [3.63, 3.8) is 0 Å². The zero-order valence-electron chi connectivity index (χ0n) is 8.28. The Kier molecular flexibility index (Phi) is 2.82. The zero-order valence-corrected chi connectivity index (χ0v) is 9.10. The van der Waals surface area contributed by atoms with Crippen LogP contribution in [0.4, 0.5) is 5.82 Å². The molecule has 2 rings (SSSR count). The van der Waals surface area contributed by atoms with E-state index in [1.54, 1.807) is 18.3 Å². The fourth-order valence-electron chi connectivity index (χ4n) is 1.26. The lowest BCUT2D eigenvalue weighted by atomic mass is 10.4. The van der Waals surface area contributed by atoms with Gasteiger partial charge < -0.3 is 10.3 Å². The summed E-state index contributed by atoms with van der Waals surface area (Å²) in [4.78, 5) is 19.1. The summed E-state index contributed by atoms with van der Waals surface area (Å²) in [5.41, 5.74) is -0.129. The van der Waals surface area contributed by atoms with Crippen molar-refractivity contribution in [2.75, 3.05) is 5.32 Å². The minimum atomic E-state index is -0.129. The number of hydrogen-bond donors (Lipinski definition) is 2. The van der Waals surface area contributed by atoms with Crippen LogP contribution in [-0.2, 0) is 6.54 Å². The van der Waals surface area contributed by atoms with Crippen LogP contribution in [0, 0.1) is 6.92 Å². The van der Waals surface area contributed by atoms with E-state index in [9.17, 15) is 4.79 Å². The Morgan fingerprint density at radius 1 is 1.60 bits per heavy atom. The predicted molar refractivity (Wildman–Crippen MR) is 61.2 cm³/mol. The lowest BCUT2D eigenvalue weighted by Gasteiger charge is -2.03. The molecule has 15 heavy (non-hydrogen) atoms. The lowest BCUT2D eigenvalue weighted by molar-refractivity contribution is 1.00. The molecule has 0 amide bonds. The van der Waals surface area contributed by atoms with Gasteiger partial charge in [0.25, 0.3) is 5.56 Å². The fraction of sp³-hybridized carbons (Fsp3) is 0.200. The number of thiophene rings is 1. The van der Waals surface area contributed by atoms with Gasteiger partial charge in [-0.3, -0.25) is 4.79 Å². The van der Waals surface area contributed by atoms with Gasteiger partial charge in [0.05, 0.1) is 6.54 Å². The van der Waals surface area contributed by atoms with Crippen molar-refractivity contribution in [3.8, 4) is 0 Å². The van der Waals surface area contributed by atoms with E-state index in [0.29, 0.717) is 18.2 Å². The number of hydrogen-bond acceptors (Lipinski definition) is 4. The molecule has 2 N–H and O–H groups in total. The molecule has 0 unspecified atom stereocenters. The number of aryl methyl sites for hydroxylation is 1. The smallest absolute Gasteiger partial charge is 0.252 e. The van der Waals surface area contributed by atoms with E-state index in [2.05, 4.69) is 15.3 Å². The van der Waals surface area contributed by atoms with E-state index in [1.165, 1.54) is 10.9 Å². The van der Waals surface area contributed by atoms with Gasteiger partial charge in [-0.05, 0) is 18.4 Å². The molecule has 2 heterocycles. The summed E-state index contributed by atoms with van der Waals surface area (Å²) in [5.74, 6) is 1.24. The van der Waals surface area contributed by atoms with E-state index < -0.39 is 0 Å². The molecule has 0 fully saturated rings. The van der Waals surface area contributed by atoms with Crippen molar-refractivity contribution in [3.05, 3.63) is 44.6 Å². The first-order valence-electron chi connectivity index (χ1n) is 4.58. The third-order valence-corrected chi connectivity index (χ3v) is 2.76. The van der Waals surface area contributed by atoms with Crippen LogP contribution in [0.5, 0.6) is 0 Å². The highest BCUT2D eigenvalue weighted by Crippen LogP contribution is 2.10. The topological polar surface area (TPSA) is 57.8 Å². The molecule has 4 nitrogen and oxygen atoms in total. The third-order valence-electron chi connectivity index (χ3n) is 1.88. The molecule has 2 aromatic rings. The Hall–Kier alpha value is -1.62. The van der Waals surface area contributed by atoms with Crippen molar-refractivity contribution in [2.45, 2.75) is 13.5 Å². The molecule has 0 saturated carbocycles. The molecule has 0 aliphatic rings. The summed E-state index contributed by atoms with van der Waals surface area (Å²) in [6, 6.07) is 5.50. The standard InChI is InChI=1S/C10H11N3OS/c1-7-12-9(5-10(14)13-7)11-6-8-3-2-4-15-8/h2-5H,6H2,1H3,(H2,11,12,13,14). The summed E-state index contributed by atoms with van der Waals surface area (Å²) in [6.45, 7) is 2.46. The van der Waals surface area contributed by atoms with Gasteiger partial charge >= 0.3 is 0 Å². The second-order valence-electron chi connectivity index (χ2n) is 3.15. The Balaban J connectivity index is 2.08. The number of H-pyrrole nitrogens is 1. The van der Waals surface area contributed by atoms with Crippen LogP contribution in [0.2, 0.25) is 0 Å². The molecule has 0 atom stereocenters. The fourth-order valence-corrected chi connectivity index (χ4v) is 1.91. The van der Waals surface area contributed by atoms with Crippen LogP contribution in [-0.4, -0.2) is 9.97 Å². The second kappa shape index (κ2) is 4.27. The number of aromatic nitrogens is 2. The van der Waals surface area contributed by atoms with E-state index in [4.69, 9.17) is 0 Å². The van der Waals surface area contributed by atoms with Gasteiger partial charge in [0.1, 0.15) is 11.6 Å². The van der Waals surface area contributed by atoms with Gasteiger partial charge in [0.15, 0.2) is 0 Å². The molecule has 5 heteroatoms. The highest BCUT2D eigenvalue weighted by Gasteiger charge is 1.98. The number of nitrogens with zero attached hydrogens (tertiary/aromatic N) is 1. The first-order chi connectivity index (χ1) is 7.24. The van der Waals surface area contributed by atoms with E-state index in [1.807, 2.05) is 17.5 Å². The van der Waals surface area contributed by atoms with Gasteiger partial charge in [-0.1, -0.05) is 6.07 Å². The molecule has 0 aliphatic heterocycles. The Labute approximate surface area is 91.0 Å². The summed E-state index contributed by atoms with van der Waals surface area (Å²) in [5, 5.41) is 5.13. The molecule has 0 spiro atoms. The first kappa shape index (κ1) is 9.92. The van der Waals surface area contributed by atoms with Gasteiger partial charge in [0, 0.05) is 10.9 Å². The van der Waals surface area contributed by atoms with Crippen molar-refractivity contribution in [1.29, 1.82) is 0 Å². The number of rotatable bonds is 3. The van der Waals surface area contributed by atoms with Crippen molar-refractivity contribution >= 4 is 17.2 Å². The van der Waals surface area contributed by atoms with E-state index >= 15 is 0 Å². The van der Waals surface area contributed by atoms with Crippen LogP contribution in [0.25, 0.3) is 0 Å². The third kappa shape index (κ3) is 2.66. The van der Waals surface area contributed by atoms with Crippen LogP contribution in [0.1, 0.15) is 10.7 Å². The van der Waals surface area contributed by atoms with Gasteiger partial charge in [-0.25, -0.2) is 4.98 Å². The Bertz CT molecular complexity index is 490. The van der Waals surface area contributed by atoms with Crippen LogP contribution in [0.3, 0.4) is 0 Å². The summed E-state index contributed by atoms with van der Waals surface area (Å²) >= 11 is 1.67. The second-order valence-corrected chi connectivity index (χ2v) is 4.18. The van der Waals surface area contributed by atoms with Crippen LogP contribution in [0.15, 0.2) is 28.4 Å². The number of aromatic amines is 1. The monoisotopic (exact) mass is 221 g/mol. The summed E-state index contributed by atoms with van der Waals surface area (Å²) in [6.07, 6.45) is 0. The molecule has 2 aromatic heterocycles. The number of nitrogens with one attached hydrogen (secondary N) is 2. The Morgan fingerprint density at radius 3 is 3.13 bits per heavy atom. The summed E-state index contributed by atoms with van der Waals surface area (Å²) in [7, 11) is 0. The lowest BCUT2D eigenvalue weighted by Crippen LogP contribution is -2.11. The maximum atomic E-state index is 11.1. The molecule has 78 valence electrons. The largest absolute Gasteiger partial charge is 0.365 e. The molecule has 0 bridgehead atoms. The molecule has 0 saturated heterocycles. The average Bonchev–Trinajstić information content (AvgIpc) is 2.65. The van der Waals surface area contributed by atoms with E-state index in [-0.39, 0.29) is 5.56 Å². The van der Waals surface area contributed by atoms with Crippen molar-refractivity contribution in [1.82, 2.24) is 9.97 Å². The van der Waals surface area contributed by atoms with Gasteiger partial charge in [-0.15, -0.1) is 11.3 Å². The number of anilines is 1. The predicted octanol–water partition coefficient (Wildman–Crippen LogP) is 1.75. The highest BCUT2D eigenvalue weighted by atomic mass is 32.1. The minimum Gasteiger partial charge on any atom is -0.365 e. The van der Waals surface area contributed by atoms with Crippen LogP contribution >= 0.6 is 11.3 Å².